The topological polar surface area (TPSA) is 41.1 Å². The summed E-state index contributed by atoms with van der Waals surface area (Å²) >= 11 is 13.4. The highest BCUT2D eigenvalue weighted by molar-refractivity contribution is 7.16. The Morgan fingerprint density at radius 3 is 2.60 bits per heavy atom. The van der Waals surface area contributed by atoms with Gasteiger partial charge in [0.1, 0.15) is 0 Å². The number of anilines is 1. The average molecular weight is 329 g/mol. The van der Waals surface area contributed by atoms with Crippen LogP contribution in [0.5, 0.6) is 0 Å². The van der Waals surface area contributed by atoms with Gasteiger partial charge in [0.2, 0.25) is 0 Å². The first-order valence-electron chi connectivity index (χ1n) is 6.04. The molecule has 2 rings (SSSR count). The van der Waals surface area contributed by atoms with Gasteiger partial charge >= 0.3 is 6.03 Å². The summed E-state index contributed by atoms with van der Waals surface area (Å²) < 4.78 is 0.704. The van der Waals surface area contributed by atoms with Gasteiger partial charge in [-0.25, -0.2) is 4.79 Å². The Bertz CT molecular complexity index is 627. The van der Waals surface area contributed by atoms with Crippen LogP contribution in [0.4, 0.5) is 10.5 Å². The lowest BCUT2D eigenvalue weighted by molar-refractivity contribution is 0.249. The Morgan fingerprint density at radius 2 is 2.00 bits per heavy atom. The van der Waals surface area contributed by atoms with E-state index in [0.717, 1.165) is 10.4 Å². The van der Waals surface area contributed by atoms with E-state index in [2.05, 4.69) is 10.6 Å². The third-order valence-electron chi connectivity index (χ3n) is 2.74. The zero-order valence-corrected chi connectivity index (χ0v) is 13.4. The molecular formula is C14H14Cl2N2OS. The predicted octanol–water partition coefficient (Wildman–Crippen LogP) is 5.25. The molecule has 0 spiro atoms. The molecule has 0 saturated heterocycles. The molecule has 1 heterocycles. The molecule has 0 unspecified atom stereocenters. The number of benzene rings is 1. The minimum Gasteiger partial charge on any atom is -0.331 e. The average Bonchev–Trinajstić information content (AvgIpc) is 2.79. The number of thiophene rings is 1. The first kappa shape index (κ1) is 15.2. The van der Waals surface area contributed by atoms with Crippen LogP contribution in [0.15, 0.2) is 30.3 Å². The van der Waals surface area contributed by atoms with E-state index in [4.69, 9.17) is 23.2 Å². The van der Waals surface area contributed by atoms with E-state index in [1.807, 2.05) is 32.0 Å². The molecule has 20 heavy (non-hydrogen) atoms. The predicted molar refractivity (Wildman–Crippen MR) is 86.1 cm³/mol. The molecule has 0 bridgehead atoms. The lowest BCUT2D eigenvalue weighted by Crippen LogP contribution is -2.30. The van der Waals surface area contributed by atoms with Crippen LogP contribution in [0.3, 0.4) is 0 Å². The van der Waals surface area contributed by atoms with Crippen LogP contribution in [-0.4, -0.2) is 6.03 Å². The van der Waals surface area contributed by atoms with Crippen molar-refractivity contribution >= 4 is 46.3 Å². The van der Waals surface area contributed by atoms with Crippen molar-refractivity contribution in [3.8, 4) is 0 Å². The van der Waals surface area contributed by atoms with E-state index in [0.29, 0.717) is 15.0 Å². The van der Waals surface area contributed by atoms with Crippen molar-refractivity contribution in [2.75, 3.05) is 5.32 Å². The number of urea groups is 1. The summed E-state index contributed by atoms with van der Waals surface area (Å²) in [7, 11) is 0. The molecule has 1 aromatic heterocycles. The number of rotatable bonds is 3. The Balaban J connectivity index is 1.98. The Labute approximate surface area is 131 Å². The van der Waals surface area contributed by atoms with E-state index in [1.165, 1.54) is 11.3 Å². The molecule has 2 N–H and O–H groups in total. The van der Waals surface area contributed by atoms with Crippen LogP contribution in [-0.2, 0) is 0 Å². The standard InChI is InChI=1S/C14H14Cl2N2OS/c1-8-3-4-11(10(15)7-8)18-14(19)17-9(2)12-5-6-13(16)20-12/h3-7,9H,1-2H3,(H2,17,18,19)/t9-/m1/s1. The van der Waals surface area contributed by atoms with Gasteiger partial charge in [-0.3, -0.25) is 0 Å². The maximum atomic E-state index is 11.9. The molecule has 0 aliphatic heterocycles. The highest BCUT2D eigenvalue weighted by Gasteiger charge is 2.12. The number of hydrogen-bond donors (Lipinski definition) is 2. The van der Waals surface area contributed by atoms with Crippen molar-refractivity contribution in [3.05, 3.63) is 50.1 Å². The van der Waals surface area contributed by atoms with Gasteiger partial charge in [0.25, 0.3) is 0 Å². The Morgan fingerprint density at radius 1 is 1.25 bits per heavy atom. The van der Waals surface area contributed by atoms with Gasteiger partial charge in [0, 0.05) is 4.88 Å². The van der Waals surface area contributed by atoms with Gasteiger partial charge < -0.3 is 10.6 Å². The summed E-state index contributed by atoms with van der Waals surface area (Å²) in [6.07, 6.45) is 0. The molecule has 6 heteroatoms. The van der Waals surface area contributed by atoms with E-state index in [9.17, 15) is 4.79 Å². The molecular weight excluding hydrogens is 315 g/mol. The minimum atomic E-state index is -0.298. The van der Waals surface area contributed by atoms with Gasteiger partial charge in [0.05, 0.1) is 21.1 Å². The summed E-state index contributed by atoms with van der Waals surface area (Å²) in [6, 6.07) is 8.78. The zero-order chi connectivity index (χ0) is 14.7. The zero-order valence-electron chi connectivity index (χ0n) is 11.0. The van der Waals surface area contributed by atoms with E-state index in [1.54, 1.807) is 12.1 Å². The molecule has 0 aliphatic rings. The smallest absolute Gasteiger partial charge is 0.319 e. The summed E-state index contributed by atoms with van der Waals surface area (Å²) in [5, 5.41) is 6.10. The molecule has 3 nitrogen and oxygen atoms in total. The maximum Gasteiger partial charge on any atom is 0.319 e. The van der Waals surface area contributed by atoms with Crippen molar-refractivity contribution in [2.24, 2.45) is 0 Å². The van der Waals surface area contributed by atoms with E-state index >= 15 is 0 Å². The fourth-order valence-electron chi connectivity index (χ4n) is 1.71. The number of hydrogen-bond acceptors (Lipinski definition) is 2. The third-order valence-corrected chi connectivity index (χ3v) is 4.47. The Hall–Kier alpha value is -1.23. The first-order chi connectivity index (χ1) is 9.45. The van der Waals surface area contributed by atoms with Crippen LogP contribution in [0.25, 0.3) is 0 Å². The lowest BCUT2D eigenvalue weighted by atomic mass is 10.2. The van der Waals surface area contributed by atoms with Gasteiger partial charge in [-0.15, -0.1) is 11.3 Å². The second-order valence-electron chi connectivity index (χ2n) is 4.45. The monoisotopic (exact) mass is 328 g/mol. The van der Waals surface area contributed by atoms with Crippen molar-refractivity contribution in [2.45, 2.75) is 19.9 Å². The number of aryl methyl sites for hydroxylation is 1. The molecule has 0 aliphatic carbocycles. The largest absolute Gasteiger partial charge is 0.331 e. The second-order valence-corrected chi connectivity index (χ2v) is 6.60. The SMILES string of the molecule is Cc1ccc(NC(=O)N[C@H](C)c2ccc(Cl)s2)c(Cl)c1. The fraction of sp³-hybridized carbons (Fsp3) is 0.214. The summed E-state index contributed by atoms with van der Waals surface area (Å²) in [5.41, 5.74) is 1.63. The van der Waals surface area contributed by atoms with Crippen LogP contribution < -0.4 is 10.6 Å². The van der Waals surface area contributed by atoms with Gasteiger partial charge in [-0.2, -0.15) is 0 Å². The maximum absolute atomic E-state index is 11.9. The highest BCUT2D eigenvalue weighted by atomic mass is 35.5. The number of carbonyl (C=O) groups excluding carboxylic acids is 1. The normalized spacial score (nSPS) is 12.0. The van der Waals surface area contributed by atoms with Crippen LogP contribution >= 0.6 is 34.5 Å². The number of amides is 2. The van der Waals surface area contributed by atoms with Crippen LogP contribution in [0.1, 0.15) is 23.4 Å². The summed E-state index contributed by atoms with van der Waals surface area (Å²) in [6.45, 7) is 3.84. The molecule has 0 radical (unpaired) electrons. The molecule has 2 amide bonds. The first-order valence-corrected chi connectivity index (χ1v) is 7.62. The van der Waals surface area contributed by atoms with E-state index < -0.39 is 0 Å². The minimum absolute atomic E-state index is 0.114. The molecule has 0 fully saturated rings. The van der Waals surface area contributed by atoms with Crippen molar-refractivity contribution in [3.63, 3.8) is 0 Å². The van der Waals surface area contributed by atoms with E-state index in [-0.39, 0.29) is 12.1 Å². The number of halogens is 2. The molecule has 2 aromatic rings. The second kappa shape index (κ2) is 6.48. The summed E-state index contributed by atoms with van der Waals surface area (Å²) in [4.78, 5) is 12.9. The highest BCUT2D eigenvalue weighted by Crippen LogP contribution is 2.27. The van der Waals surface area contributed by atoms with Crippen molar-refractivity contribution in [1.29, 1.82) is 0 Å². The van der Waals surface area contributed by atoms with Gasteiger partial charge in [-0.1, -0.05) is 29.3 Å². The molecule has 106 valence electrons. The molecule has 0 saturated carbocycles. The molecule has 1 atom stereocenters. The summed E-state index contributed by atoms with van der Waals surface area (Å²) in [5.74, 6) is 0. The fourth-order valence-corrected chi connectivity index (χ4v) is 3.05. The van der Waals surface area contributed by atoms with Crippen molar-refractivity contribution in [1.82, 2.24) is 5.32 Å². The van der Waals surface area contributed by atoms with Crippen molar-refractivity contribution < 1.29 is 4.79 Å². The van der Waals surface area contributed by atoms with Gasteiger partial charge in [-0.05, 0) is 43.7 Å². The number of nitrogens with one attached hydrogen (secondary N) is 2. The van der Waals surface area contributed by atoms with Gasteiger partial charge in [0.15, 0.2) is 0 Å². The quantitative estimate of drug-likeness (QED) is 0.794. The molecule has 1 aromatic carbocycles. The Kier molecular flexibility index (Phi) is 4.91. The van der Waals surface area contributed by atoms with Crippen LogP contribution in [0.2, 0.25) is 9.36 Å². The lowest BCUT2D eigenvalue weighted by Gasteiger charge is -2.14. The third kappa shape index (κ3) is 3.88. The van der Waals surface area contributed by atoms with Crippen LogP contribution in [0, 0.1) is 6.92 Å². The number of carbonyl (C=O) groups is 1.